The molecule has 2 unspecified atom stereocenters. The zero-order chi connectivity index (χ0) is 15.4. The van der Waals surface area contributed by atoms with Crippen molar-refractivity contribution in [1.29, 1.82) is 0 Å². The van der Waals surface area contributed by atoms with Gasteiger partial charge >= 0.3 is 0 Å². The van der Waals surface area contributed by atoms with Gasteiger partial charge in [-0.15, -0.1) is 22.6 Å². The third kappa shape index (κ3) is 4.39. The fraction of sp³-hybridized carbons (Fsp3) is 0.357. The Morgan fingerprint density at radius 1 is 1.41 bits per heavy atom. The van der Waals surface area contributed by atoms with E-state index in [0.29, 0.717) is 15.2 Å². The van der Waals surface area contributed by atoms with E-state index in [1.165, 1.54) is 11.3 Å². The van der Waals surface area contributed by atoms with E-state index in [-0.39, 0.29) is 24.2 Å². The smallest absolute Gasteiger partial charge is 0.243 e. The average Bonchev–Trinajstić information content (AvgIpc) is 2.94. The number of carbonyl (C=O) groups excluding carboxylic acids is 1. The topological polar surface area (TPSA) is 80.9 Å². The van der Waals surface area contributed by atoms with Crippen LogP contribution in [-0.2, 0) is 4.79 Å². The third-order valence-electron chi connectivity index (χ3n) is 3.32. The summed E-state index contributed by atoms with van der Waals surface area (Å²) in [5.41, 5.74) is 6.68. The number of nitrogens with zero attached hydrogens (tertiary/aromatic N) is 2. The molecule has 1 aromatic carbocycles. The Kier molecular flexibility index (Phi) is 7.22. The van der Waals surface area contributed by atoms with Gasteiger partial charge in [0.2, 0.25) is 11.0 Å². The molecule has 2 atom stereocenters. The molecule has 0 saturated carbocycles. The number of aromatic nitrogens is 2. The van der Waals surface area contributed by atoms with Gasteiger partial charge in [-0.3, -0.25) is 10.1 Å². The first-order valence-corrected chi connectivity index (χ1v) is 7.87. The van der Waals surface area contributed by atoms with Gasteiger partial charge in [-0.2, -0.15) is 0 Å². The van der Waals surface area contributed by atoms with Crippen molar-refractivity contribution in [3.05, 3.63) is 29.3 Å². The lowest BCUT2D eigenvalue weighted by Gasteiger charge is -2.16. The number of anilines is 1. The molecule has 0 aliphatic heterocycles. The quantitative estimate of drug-likeness (QED) is 0.853. The summed E-state index contributed by atoms with van der Waals surface area (Å²) in [7, 11) is 0. The highest BCUT2D eigenvalue weighted by atomic mass is 35.5. The van der Waals surface area contributed by atoms with Crippen molar-refractivity contribution in [2.45, 2.75) is 26.3 Å². The number of nitrogens with two attached hydrogens (primary N) is 1. The second kappa shape index (κ2) is 8.43. The van der Waals surface area contributed by atoms with Crippen molar-refractivity contribution in [2.24, 2.45) is 11.7 Å². The van der Waals surface area contributed by atoms with Crippen LogP contribution in [0.5, 0.6) is 0 Å². The molecule has 0 radical (unpaired) electrons. The molecule has 0 spiro atoms. The van der Waals surface area contributed by atoms with Crippen molar-refractivity contribution in [1.82, 2.24) is 10.2 Å². The Bertz CT molecular complexity index is 635. The minimum absolute atomic E-state index is 0. The van der Waals surface area contributed by atoms with E-state index in [9.17, 15) is 4.79 Å². The number of hydrogen-bond acceptors (Lipinski definition) is 5. The minimum atomic E-state index is -0.553. The highest BCUT2D eigenvalue weighted by Gasteiger charge is 2.21. The van der Waals surface area contributed by atoms with Crippen molar-refractivity contribution >= 4 is 46.4 Å². The lowest BCUT2D eigenvalue weighted by molar-refractivity contribution is -0.118. The van der Waals surface area contributed by atoms with E-state index in [1.807, 2.05) is 32.0 Å². The van der Waals surface area contributed by atoms with Gasteiger partial charge in [0.05, 0.1) is 11.1 Å². The molecule has 0 aliphatic rings. The van der Waals surface area contributed by atoms with Gasteiger partial charge in [0.1, 0.15) is 0 Å². The van der Waals surface area contributed by atoms with Gasteiger partial charge in [-0.1, -0.05) is 61.4 Å². The SMILES string of the molecule is CCC(C)C(N)C(=O)Nc1nnc(-c2ccccc2Cl)s1.Cl. The second-order valence-corrected chi connectivity index (χ2v) is 6.18. The van der Waals surface area contributed by atoms with Crippen LogP contribution in [0.2, 0.25) is 5.02 Å². The zero-order valence-corrected chi connectivity index (χ0v) is 14.6. The number of amides is 1. The van der Waals surface area contributed by atoms with Gasteiger partial charge in [0.15, 0.2) is 5.01 Å². The van der Waals surface area contributed by atoms with Crippen molar-refractivity contribution < 1.29 is 4.79 Å². The Morgan fingerprint density at radius 3 is 2.73 bits per heavy atom. The third-order valence-corrected chi connectivity index (χ3v) is 4.52. The zero-order valence-electron chi connectivity index (χ0n) is 12.2. The molecule has 2 rings (SSSR count). The molecule has 0 bridgehead atoms. The van der Waals surface area contributed by atoms with Crippen molar-refractivity contribution in [2.75, 3.05) is 5.32 Å². The number of benzene rings is 1. The number of nitrogens with one attached hydrogen (secondary N) is 1. The van der Waals surface area contributed by atoms with E-state index in [0.717, 1.165) is 12.0 Å². The Hall–Kier alpha value is -1.21. The fourth-order valence-corrected chi connectivity index (χ4v) is 2.79. The summed E-state index contributed by atoms with van der Waals surface area (Å²) in [5.74, 6) is -0.132. The van der Waals surface area contributed by atoms with Crippen LogP contribution in [-0.4, -0.2) is 22.1 Å². The monoisotopic (exact) mass is 360 g/mol. The predicted octanol–water partition coefficient (Wildman–Crippen LogP) is 3.59. The summed E-state index contributed by atoms with van der Waals surface area (Å²) < 4.78 is 0. The van der Waals surface area contributed by atoms with Crippen LogP contribution in [0.1, 0.15) is 20.3 Å². The maximum Gasteiger partial charge on any atom is 0.243 e. The van der Waals surface area contributed by atoms with Crippen LogP contribution in [0.4, 0.5) is 5.13 Å². The molecule has 5 nitrogen and oxygen atoms in total. The molecule has 3 N–H and O–H groups in total. The lowest BCUT2D eigenvalue weighted by Crippen LogP contribution is -2.40. The van der Waals surface area contributed by atoms with Gasteiger partial charge in [0.25, 0.3) is 0 Å². The first-order chi connectivity index (χ1) is 10.0. The lowest BCUT2D eigenvalue weighted by atomic mass is 10.00. The highest BCUT2D eigenvalue weighted by Crippen LogP contribution is 2.31. The van der Waals surface area contributed by atoms with Crippen LogP contribution in [0.3, 0.4) is 0 Å². The summed E-state index contributed by atoms with van der Waals surface area (Å²) in [5, 5.41) is 12.4. The molecule has 22 heavy (non-hydrogen) atoms. The van der Waals surface area contributed by atoms with Crippen LogP contribution >= 0.6 is 35.3 Å². The van der Waals surface area contributed by atoms with E-state index >= 15 is 0 Å². The maximum absolute atomic E-state index is 12.0. The summed E-state index contributed by atoms with van der Waals surface area (Å²) in [6.07, 6.45) is 0.843. The fourth-order valence-electron chi connectivity index (χ4n) is 1.72. The largest absolute Gasteiger partial charge is 0.320 e. The van der Waals surface area contributed by atoms with Crippen LogP contribution in [0, 0.1) is 5.92 Å². The summed E-state index contributed by atoms with van der Waals surface area (Å²) in [4.78, 5) is 12.0. The standard InChI is InChI=1S/C14H17ClN4OS.ClH/c1-3-8(2)11(16)12(20)17-14-19-18-13(21-14)9-6-4-5-7-10(9)15;/h4-8,11H,3,16H2,1-2H3,(H,17,19,20);1H. The van der Waals surface area contributed by atoms with Gasteiger partial charge in [0, 0.05) is 5.56 Å². The molecule has 1 amide bonds. The predicted molar refractivity (Wildman–Crippen MR) is 93.7 cm³/mol. The number of halogens is 2. The summed E-state index contributed by atoms with van der Waals surface area (Å²) in [6, 6.07) is 6.82. The maximum atomic E-state index is 12.0. The summed E-state index contributed by atoms with van der Waals surface area (Å²) in [6.45, 7) is 3.94. The molecule has 0 aliphatic carbocycles. The molecule has 0 fully saturated rings. The van der Waals surface area contributed by atoms with Gasteiger partial charge < -0.3 is 5.73 Å². The first kappa shape index (κ1) is 18.8. The molecular formula is C14H18Cl2N4OS. The van der Waals surface area contributed by atoms with Crippen LogP contribution in [0.25, 0.3) is 10.6 Å². The normalized spacial score (nSPS) is 13.1. The molecule has 1 aromatic heterocycles. The molecule has 120 valence electrons. The van der Waals surface area contributed by atoms with E-state index in [2.05, 4.69) is 15.5 Å². The Morgan fingerprint density at radius 2 is 2.09 bits per heavy atom. The number of rotatable bonds is 5. The average molecular weight is 361 g/mol. The van der Waals surface area contributed by atoms with Crippen LogP contribution < -0.4 is 11.1 Å². The van der Waals surface area contributed by atoms with Crippen molar-refractivity contribution in [3.63, 3.8) is 0 Å². The minimum Gasteiger partial charge on any atom is -0.320 e. The molecule has 0 saturated heterocycles. The molecule has 8 heteroatoms. The van der Waals surface area contributed by atoms with Crippen LogP contribution in [0.15, 0.2) is 24.3 Å². The number of carbonyl (C=O) groups is 1. The van der Waals surface area contributed by atoms with E-state index in [1.54, 1.807) is 6.07 Å². The van der Waals surface area contributed by atoms with E-state index < -0.39 is 6.04 Å². The number of hydrogen-bond donors (Lipinski definition) is 2. The van der Waals surface area contributed by atoms with Crippen molar-refractivity contribution in [3.8, 4) is 10.6 Å². The first-order valence-electron chi connectivity index (χ1n) is 6.67. The Balaban J connectivity index is 0.00000242. The highest BCUT2D eigenvalue weighted by molar-refractivity contribution is 7.18. The molecule has 1 heterocycles. The molecular weight excluding hydrogens is 343 g/mol. The summed E-state index contributed by atoms with van der Waals surface area (Å²) >= 11 is 7.39. The second-order valence-electron chi connectivity index (χ2n) is 4.79. The molecule has 2 aromatic rings. The van der Waals surface area contributed by atoms with E-state index in [4.69, 9.17) is 17.3 Å². The van der Waals surface area contributed by atoms with Gasteiger partial charge in [-0.05, 0) is 12.0 Å². The van der Waals surface area contributed by atoms with Gasteiger partial charge in [-0.25, -0.2) is 0 Å². The Labute approximate surface area is 144 Å².